The zero-order chi connectivity index (χ0) is 27.8. The number of carbonyl (C=O) groups excluding carboxylic acids is 2. The first kappa shape index (κ1) is 28.1. The number of carbonyl (C=O) groups is 2. The number of nitrogens with zero attached hydrogens (tertiary/aromatic N) is 3. The van der Waals surface area contributed by atoms with Crippen molar-refractivity contribution in [1.82, 2.24) is 9.78 Å². The van der Waals surface area contributed by atoms with Crippen LogP contribution in [0.1, 0.15) is 72.7 Å². The van der Waals surface area contributed by atoms with Crippen LogP contribution in [0.4, 0.5) is 33.3 Å². The van der Waals surface area contributed by atoms with E-state index in [4.69, 9.17) is 16.3 Å². The van der Waals surface area contributed by atoms with E-state index < -0.39 is 53.6 Å². The van der Waals surface area contributed by atoms with E-state index in [0.717, 1.165) is 38.7 Å². The van der Waals surface area contributed by atoms with Crippen LogP contribution in [0.25, 0.3) is 0 Å². The Balaban J connectivity index is 1.69. The number of ether oxygens (including phenoxy) is 1. The molecule has 13 heteroatoms. The maximum Gasteiger partial charge on any atom is 0.436 e. The fourth-order valence-corrected chi connectivity index (χ4v) is 5.20. The molecule has 1 aliphatic heterocycles. The molecule has 7 nitrogen and oxygen atoms in total. The van der Waals surface area contributed by atoms with E-state index in [1.807, 2.05) is 0 Å². The number of amides is 1. The first-order chi connectivity index (χ1) is 17.9. The number of aromatic nitrogens is 2. The van der Waals surface area contributed by atoms with Crippen LogP contribution < -0.4 is 10.2 Å². The summed E-state index contributed by atoms with van der Waals surface area (Å²) in [5, 5.41) is 5.24. The number of halogens is 6. The van der Waals surface area contributed by atoms with E-state index in [1.54, 1.807) is 12.1 Å². The second-order valence-electron chi connectivity index (χ2n) is 9.81. The Morgan fingerprint density at radius 2 is 1.95 bits per heavy atom. The fourth-order valence-electron chi connectivity index (χ4n) is 4.81. The highest BCUT2D eigenvalue weighted by molar-refractivity contribution is 6.32. The quantitative estimate of drug-likeness (QED) is 0.302. The van der Waals surface area contributed by atoms with E-state index in [2.05, 4.69) is 22.2 Å². The molecule has 208 valence electrons. The van der Waals surface area contributed by atoms with Crippen molar-refractivity contribution >= 4 is 34.9 Å². The van der Waals surface area contributed by atoms with Crippen molar-refractivity contribution < 1.29 is 36.3 Å². The Morgan fingerprint density at radius 1 is 1.24 bits per heavy atom. The van der Waals surface area contributed by atoms with E-state index in [0.29, 0.717) is 23.4 Å². The smallest absolute Gasteiger partial charge is 0.436 e. The van der Waals surface area contributed by atoms with Gasteiger partial charge in [-0.05, 0) is 49.8 Å². The van der Waals surface area contributed by atoms with Gasteiger partial charge < -0.3 is 15.0 Å². The maximum atomic E-state index is 13.6. The Hall–Kier alpha value is -2.89. The molecule has 1 amide bonds. The largest absolute Gasteiger partial charge is 0.465 e. The summed E-state index contributed by atoms with van der Waals surface area (Å²) in [6.07, 6.45) is -6.02. The van der Waals surface area contributed by atoms with E-state index in [1.165, 1.54) is 6.07 Å². The summed E-state index contributed by atoms with van der Waals surface area (Å²) in [7, 11) is 1.16. The molecular weight excluding hydrogens is 535 g/mol. The molecule has 38 heavy (non-hydrogen) atoms. The molecule has 4 rings (SSSR count). The predicted molar refractivity (Wildman–Crippen MR) is 131 cm³/mol. The predicted octanol–water partition coefficient (Wildman–Crippen LogP) is 6.29. The van der Waals surface area contributed by atoms with Crippen molar-refractivity contribution in [3.63, 3.8) is 0 Å². The van der Waals surface area contributed by atoms with Gasteiger partial charge >= 0.3 is 12.1 Å². The second kappa shape index (κ2) is 11.1. The van der Waals surface area contributed by atoms with Crippen molar-refractivity contribution in [2.45, 2.75) is 63.6 Å². The standard InChI is InChI=1S/C25H28ClF5N4O3/c1-13-4-3-9-34(12-13)15-7-8-17(16(10-15)24(37)38-2)32-23(36)18(11-19(27)28)35-21(14-5-6-14)20(26)22(33-35)25(29,30)31/h7-8,10,13-14,18-19H,3-6,9,11-12H2,1-2H3,(H,32,36)/t13-,18+/m1/s1. The average molecular weight is 563 g/mol. The zero-order valence-corrected chi connectivity index (χ0v) is 21.6. The molecule has 1 aromatic carbocycles. The molecular formula is C25H28ClF5N4O3. The molecule has 1 saturated carbocycles. The third-order valence-corrected chi connectivity index (χ3v) is 7.18. The van der Waals surface area contributed by atoms with Crippen molar-refractivity contribution in [3.05, 3.63) is 40.2 Å². The van der Waals surface area contributed by atoms with Gasteiger partial charge in [-0.1, -0.05) is 18.5 Å². The summed E-state index contributed by atoms with van der Waals surface area (Å²) >= 11 is 5.99. The molecule has 0 unspecified atom stereocenters. The van der Waals surface area contributed by atoms with Gasteiger partial charge in [0.2, 0.25) is 12.3 Å². The lowest BCUT2D eigenvalue weighted by molar-refractivity contribution is -0.141. The lowest BCUT2D eigenvalue weighted by Crippen LogP contribution is -2.34. The number of piperidine rings is 1. The second-order valence-corrected chi connectivity index (χ2v) is 10.2. The molecule has 1 saturated heterocycles. The summed E-state index contributed by atoms with van der Waals surface area (Å²) < 4.78 is 73.2. The molecule has 0 bridgehead atoms. The van der Waals surface area contributed by atoms with Crippen LogP contribution in [0.15, 0.2) is 18.2 Å². The topological polar surface area (TPSA) is 76.5 Å². The molecule has 2 aliphatic rings. The van der Waals surface area contributed by atoms with Crippen LogP contribution in [0.3, 0.4) is 0 Å². The molecule has 2 fully saturated rings. The summed E-state index contributed by atoms with van der Waals surface area (Å²) in [5.74, 6) is -1.79. The zero-order valence-electron chi connectivity index (χ0n) is 20.8. The summed E-state index contributed by atoms with van der Waals surface area (Å²) in [6, 6.07) is 2.89. The van der Waals surface area contributed by atoms with Gasteiger partial charge in [0.1, 0.15) is 6.04 Å². The third kappa shape index (κ3) is 6.05. The van der Waals surface area contributed by atoms with Gasteiger partial charge in [0.15, 0.2) is 5.69 Å². The Kier molecular flexibility index (Phi) is 8.20. The SMILES string of the molecule is COC(=O)c1cc(N2CCC[C@@H](C)C2)ccc1NC(=O)[C@H](CC(F)F)n1nc(C(F)(F)F)c(Cl)c1C1CC1. The molecule has 1 N–H and O–H groups in total. The lowest BCUT2D eigenvalue weighted by atomic mass is 9.99. The van der Waals surface area contributed by atoms with Gasteiger partial charge in [-0.25, -0.2) is 13.6 Å². The number of nitrogens with one attached hydrogen (secondary N) is 1. The van der Waals surface area contributed by atoms with Crippen molar-refractivity contribution in [2.75, 3.05) is 30.4 Å². The molecule has 1 aliphatic carbocycles. The van der Waals surface area contributed by atoms with Gasteiger partial charge in [-0.3, -0.25) is 9.48 Å². The molecule has 2 heterocycles. The van der Waals surface area contributed by atoms with Crippen molar-refractivity contribution in [2.24, 2.45) is 5.92 Å². The van der Waals surface area contributed by atoms with Crippen LogP contribution in [0, 0.1) is 5.92 Å². The summed E-state index contributed by atoms with van der Waals surface area (Å²) in [5.41, 5.74) is -0.823. The van der Waals surface area contributed by atoms with Crippen molar-refractivity contribution in [3.8, 4) is 0 Å². The van der Waals surface area contributed by atoms with Crippen LogP contribution in [0.2, 0.25) is 5.02 Å². The number of alkyl halides is 5. The monoisotopic (exact) mass is 562 g/mol. The molecule has 2 aromatic rings. The minimum Gasteiger partial charge on any atom is -0.465 e. The molecule has 2 atom stereocenters. The molecule has 1 aromatic heterocycles. The minimum atomic E-state index is -4.93. The number of benzene rings is 1. The summed E-state index contributed by atoms with van der Waals surface area (Å²) in [4.78, 5) is 28.0. The van der Waals surface area contributed by atoms with E-state index in [9.17, 15) is 31.5 Å². The number of esters is 1. The van der Waals surface area contributed by atoms with Gasteiger partial charge in [-0.15, -0.1) is 0 Å². The van der Waals surface area contributed by atoms with Gasteiger partial charge in [0, 0.05) is 31.1 Å². The van der Waals surface area contributed by atoms with E-state index in [-0.39, 0.29) is 16.9 Å². The van der Waals surface area contributed by atoms with Gasteiger partial charge in [0.25, 0.3) is 0 Å². The fraction of sp³-hybridized carbons (Fsp3) is 0.560. The number of rotatable bonds is 8. The average Bonchev–Trinajstić information content (AvgIpc) is 3.63. The Labute approximate surface area is 221 Å². The lowest BCUT2D eigenvalue weighted by Gasteiger charge is -2.33. The normalized spacial score (nSPS) is 19.0. The highest BCUT2D eigenvalue weighted by Crippen LogP contribution is 2.48. The third-order valence-electron chi connectivity index (χ3n) is 6.81. The minimum absolute atomic E-state index is 0.00994. The highest BCUT2D eigenvalue weighted by Gasteiger charge is 2.44. The van der Waals surface area contributed by atoms with E-state index >= 15 is 0 Å². The van der Waals surface area contributed by atoms with Gasteiger partial charge in [-0.2, -0.15) is 18.3 Å². The number of hydrogen-bond donors (Lipinski definition) is 1. The highest BCUT2D eigenvalue weighted by atomic mass is 35.5. The maximum absolute atomic E-state index is 13.6. The summed E-state index contributed by atoms with van der Waals surface area (Å²) in [6.45, 7) is 3.67. The molecule has 0 radical (unpaired) electrons. The number of anilines is 2. The first-order valence-corrected chi connectivity index (χ1v) is 12.7. The van der Waals surface area contributed by atoms with Crippen LogP contribution in [0.5, 0.6) is 0 Å². The Bertz CT molecular complexity index is 1200. The first-order valence-electron chi connectivity index (χ1n) is 12.3. The molecule has 0 spiro atoms. The number of methoxy groups -OCH3 is 1. The number of hydrogen-bond acceptors (Lipinski definition) is 5. The van der Waals surface area contributed by atoms with Crippen molar-refractivity contribution in [1.29, 1.82) is 0 Å². The van der Waals surface area contributed by atoms with Gasteiger partial charge in [0.05, 0.1) is 29.1 Å². The Morgan fingerprint density at radius 3 is 2.53 bits per heavy atom. The van der Waals surface area contributed by atoms with Crippen LogP contribution in [-0.2, 0) is 15.7 Å². The van der Waals surface area contributed by atoms with Crippen LogP contribution >= 0.6 is 11.6 Å². The van der Waals surface area contributed by atoms with Crippen LogP contribution in [-0.4, -0.2) is 48.3 Å².